The summed E-state index contributed by atoms with van der Waals surface area (Å²) in [6, 6.07) is 9.46. The van der Waals surface area contributed by atoms with E-state index in [0.717, 1.165) is 10.0 Å². The van der Waals surface area contributed by atoms with Gasteiger partial charge in [-0.2, -0.15) is 0 Å². The number of hydrogen-bond acceptors (Lipinski definition) is 2. The summed E-state index contributed by atoms with van der Waals surface area (Å²) in [6.07, 6.45) is 0. The van der Waals surface area contributed by atoms with E-state index in [-0.39, 0.29) is 19.1 Å². The third-order valence-corrected chi connectivity index (χ3v) is 4.02. The Morgan fingerprint density at radius 2 is 2.05 bits per heavy atom. The Bertz CT molecular complexity index is 723. The quantitative estimate of drug-likeness (QED) is 0.754. The summed E-state index contributed by atoms with van der Waals surface area (Å²) in [7, 11) is 0. The summed E-state index contributed by atoms with van der Waals surface area (Å²) in [6.45, 7) is 0.165. The van der Waals surface area contributed by atoms with Crippen molar-refractivity contribution in [2.75, 3.05) is 11.5 Å². The molecule has 0 atom stereocenters. The maximum atomic E-state index is 13.5. The van der Waals surface area contributed by atoms with Gasteiger partial charge in [-0.1, -0.05) is 27.5 Å². The molecule has 0 radical (unpaired) electrons. The third kappa shape index (κ3) is 2.89. The molecule has 0 saturated heterocycles. The van der Waals surface area contributed by atoms with E-state index in [9.17, 15) is 9.18 Å². The molecule has 2 aromatic carbocycles. The SMILES string of the molecule is O=C1COc2ccc(Br)cc2CN1c1cc(F)ccc1Cl. The number of amides is 1. The first kappa shape index (κ1) is 14.4. The highest BCUT2D eigenvalue weighted by Crippen LogP contribution is 2.33. The lowest BCUT2D eigenvalue weighted by atomic mass is 10.1. The Morgan fingerprint density at radius 3 is 2.86 bits per heavy atom. The van der Waals surface area contributed by atoms with Gasteiger partial charge in [0.2, 0.25) is 0 Å². The minimum Gasteiger partial charge on any atom is -0.483 e. The maximum Gasteiger partial charge on any atom is 0.265 e. The predicted octanol–water partition coefficient (Wildman–Crippen LogP) is 4.17. The fraction of sp³-hybridized carbons (Fsp3) is 0.133. The highest BCUT2D eigenvalue weighted by atomic mass is 79.9. The van der Waals surface area contributed by atoms with E-state index in [4.69, 9.17) is 16.3 Å². The third-order valence-electron chi connectivity index (χ3n) is 3.20. The number of fused-ring (bicyclic) bond motifs is 1. The van der Waals surface area contributed by atoms with Gasteiger partial charge in [0.1, 0.15) is 11.6 Å². The topological polar surface area (TPSA) is 29.5 Å². The zero-order chi connectivity index (χ0) is 15.0. The molecule has 1 aliphatic rings. The standard InChI is InChI=1S/C15H10BrClFNO2/c16-10-1-4-14-9(5-10)7-19(15(20)8-21-14)13-6-11(18)2-3-12(13)17/h1-6H,7-8H2. The molecule has 1 heterocycles. The molecule has 0 aliphatic carbocycles. The predicted molar refractivity (Wildman–Crippen MR) is 82.2 cm³/mol. The number of carbonyl (C=O) groups is 1. The highest BCUT2D eigenvalue weighted by Gasteiger charge is 2.25. The van der Waals surface area contributed by atoms with Gasteiger partial charge in [-0.05, 0) is 36.4 Å². The van der Waals surface area contributed by atoms with E-state index in [1.54, 1.807) is 6.07 Å². The van der Waals surface area contributed by atoms with Crippen LogP contribution in [0.5, 0.6) is 5.75 Å². The zero-order valence-corrected chi connectivity index (χ0v) is 13.1. The Kier molecular flexibility index (Phi) is 3.87. The van der Waals surface area contributed by atoms with Crippen molar-refractivity contribution in [1.82, 2.24) is 0 Å². The van der Waals surface area contributed by atoms with Gasteiger partial charge in [0.05, 0.1) is 17.3 Å². The van der Waals surface area contributed by atoms with Crippen LogP contribution in [-0.4, -0.2) is 12.5 Å². The minimum absolute atomic E-state index is 0.110. The summed E-state index contributed by atoms with van der Waals surface area (Å²) in [4.78, 5) is 13.7. The van der Waals surface area contributed by atoms with Crippen LogP contribution in [0.4, 0.5) is 10.1 Å². The van der Waals surface area contributed by atoms with Crippen LogP contribution in [0.25, 0.3) is 0 Å². The lowest BCUT2D eigenvalue weighted by Gasteiger charge is -2.21. The van der Waals surface area contributed by atoms with Crippen LogP contribution in [0, 0.1) is 5.82 Å². The van der Waals surface area contributed by atoms with Gasteiger partial charge in [-0.25, -0.2) is 4.39 Å². The number of nitrogens with zero attached hydrogens (tertiary/aromatic N) is 1. The molecule has 0 aromatic heterocycles. The Balaban J connectivity index is 2.05. The average molecular weight is 371 g/mol. The van der Waals surface area contributed by atoms with Crippen molar-refractivity contribution in [3.05, 3.63) is 57.3 Å². The summed E-state index contributed by atoms with van der Waals surface area (Å²) in [5.74, 6) is -0.0711. The first-order valence-electron chi connectivity index (χ1n) is 6.21. The second kappa shape index (κ2) is 5.66. The monoisotopic (exact) mass is 369 g/mol. The second-order valence-electron chi connectivity index (χ2n) is 4.62. The molecule has 0 spiro atoms. The normalized spacial score (nSPS) is 14.4. The molecule has 6 heteroatoms. The summed E-state index contributed by atoms with van der Waals surface area (Å²) in [5, 5.41) is 0.322. The van der Waals surface area contributed by atoms with Crippen molar-refractivity contribution in [3.8, 4) is 5.75 Å². The second-order valence-corrected chi connectivity index (χ2v) is 5.94. The van der Waals surface area contributed by atoms with Gasteiger partial charge < -0.3 is 9.64 Å². The largest absolute Gasteiger partial charge is 0.483 e. The maximum absolute atomic E-state index is 13.5. The summed E-state index contributed by atoms with van der Waals surface area (Å²) < 4.78 is 19.8. The molecule has 0 N–H and O–H groups in total. The molecule has 1 amide bonds. The lowest BCUT2D eigenvalue weighted by Crippen LogP contribution is -2.32. The van der Waals surface area contributed by atoms with E-state index in [0.29, 0.717) is 16.5 Å². The van der Waals surface area contributed by atoms with Crippen LogP contribution in [0.1, 0.15) is 5.56 Å². The van der Waals surface area contributed by atoms with E-state index in [1.165, 1.54) is 23.1 Å². The molecule has 0 fully saturated rings. The van der Waals surface area contributed by atoms with Crippen LogP contribution >= 0.6 is 27.5 Å². The molecule has 0 unspecified atom stereocenters. The first-order valence-corrected chi connectivity index (χ1v) is 7.38. The van der Waals surface area contributed by atoms with Crippen molar-refractivity contribution in [1.29, 1.82) is 0 Å². The molecular formula is C15H10BrClFNO2. The minimum atomic E-state index is -0.443. The van der Waals surface area contributed by atoms with Gasteiger partial charge in [0.25, 0.3) is 5.91 Å². The smallest absolute Gasteiger partial charge is 0.265 e. The molecule has 3 rings (SSSR count). The molecular weight excluding hydrogens is 361 g/mol. The van der Waals surface area contributed by atoms with Crippen LogP contribution in [-0.2, 0) is 11.3 Å². The highest BCUT2D eigenvalue weighted by molar-refractivity contribution is 9.10. The van der Waals surface area contributed by atoms with E-state index in [2.05, 4.69) is 15.9 Å². The lowest BCUT2D eigenvalue weighted by molar-refractivity contribution is -0.120. The number of hydrogen-bond donors (Lipinski definition) is 0. The van der Waals surface area contributed by atoms with Crippen LogP contribution in [0.2, 0.25) is 5.02 Å². The van der Waals surface area contributed by atoms with Crippen molar-refractivity contribution in [2.45, 2.75) is 6.54 Å². The van der Waals surface area contributed by atoms with Crippen molar-refractivity contribution >= 4 is 39.1 Å². The van der Waals surface area contributed by atoms with Gasteiger partial charge >= 0.3 is 0 Å². The molecule has 0 bridgehead atoms. The number of carbonyl (C=O) groups excluding carboxylic acids is 1. The van der Waals surface area contributed by atoms with E-state index in [1.807, 2.05) is 12.1 Å². The zero-order valence-electron chi connectivity index (χ0n) is 10.8. The number of rotatable bonds is 1. The molecule has 3 nitrogen and oxygen atoms in total. The Labute approximate surface area is 134 Å². The molecule has 1 aliphatic heterocycles. The van der Waals surface area contributed by atoms with E-state index >= 15 is 0 Å². The average Bonchev–Trinajstić information content (AvgIpc) is 2.61. The molecule has 21 heavy (non-hydrogen) atoms. The van der Waals surface area contributed by atoms with Crippen molar-refractivity contribution < 1.29 is 13.9 Å². The first-order chi connectivity index (χ1) is 10.0. The van der Waals surface area contributed by atoms with Gasteiger partial charge in [0, 0.05) is 10.0 Å². The number of anilines is 1. The summed E-state index contributed by atoms with van der Waals surface area (Å²) in [5.41, 5.74) is 1.17. The Hall–Kier alpha value is -1.59. The Morgan fingerprint density at radius 1 is 1.24 bits per heavy atom. The van der Waals surface area contributed by atoms with Gasteiger partial charge in [0.15, 0.2) is 6.61 Å². The molecule has 2 aromatic rings. The van der Waals surface area contributed by atoms with Crippen LogP contribution in [0.15, 0.2) is 40.9 Å². The number of benzene rings is 2. The number of ether oxygens (including phenoxy) is 1. The van der Waals surface area contributed by atoms with Crippen molar-refractivity contribution in [2.24, 2.45) is 0 Å². The fourth-order valence-corrected chi connectivity index (χ4v) is 2.83. The van der Waals surface area contributed by atoms with Gasteiger partial charge in [-0.15, -0.1) is 0 Å². The van der Waals surface area contributed by atoms with Crippen LogP contribution in [0.3, 0.4) is 0 Å². The van der Waals surface area contributed by atoms with Crippen molar-refractivity contribution in [3.63, 3.8) is 0 Å². The molecule has 0 saturated carbocycles. The van der Waals surface area contributed by atoms with Crippen LogP contribution < -0.4 is 9.64 Å². The fourth-order valence-electron chi connectivity index (χ4n) is 2.20. The van der Waals surface area contributed by atoms with Gasteiger partial charge in [-0.3, -0.25) is 4.79 Å². The molecule has 108 valence electrons. The number of halogens is 3. The van der Waals surface area contributed by atoms with E-state index < -0.39 is 5.82 Å². The summed E-state index contributed by atoms with van der Waals surface area (Å²) >= 11 is 9.48.